The van der Waals surface area contributed by atoms with Crippen molar-refractivity contribution in [2.24, 2.45) is 0 Å². The summed E-state index contributed by atoms with van der Waals surface area (Å²) in [5, 5.41) is 3.65. The van der Waals surface area contributed by atoms with E-state index in [1.165, 1.54) is 5.56 Å². The van der Waals surface area contributed by atoms with Crippen LogP contribution >= 0.6 is 11.6 Å². The van der Waals surface area contributed by atoms with Crippen LogP contribution in [0.1, 0.15) is 36.6 Å². The summed E-state index contributed by atoms with van der Waals surface area (Å²) < 4.78 is 0. The van der Waals surface area contributed by atoms with E-state index < -0.39 is 0 Å². The second-order valence-electron chi connectivity index (χ2n) is 5.21. The molecule has 0 aliphatic rings. The Balaban J connectivity index is 1.94. The molecule has 2 nitrogen and oxygen atoms in total. The van der Waals surface area contributed by atoms with Crippen LogP contribution in [0.15, 0.2) is 54.6 Å². The molecule has 2 aromatic rings. The molecule has 0 aliphatic carbocycles. The van der Waals surface area contributed by atoms with Crippen molar-refractivity contribution in [1.29, 1.82) is 0 Å². The van der Waals surface area contributed by atoms with Crippen molar-refractivity contribution in [1.82, 2.24) is 5.32 Å². The van der Waals surface area contributed by atoms with Crippen molar-refractivity contribution in [3.8, 4) is 0 Å². The summed E-state index contributed by atoms with van der Waals surface area (Å²) in [7, 11) is 0. The lowest BCUT2D eigenvalue weighted by molar-refractivity contribution is -0.117. The van der Waals surface area contributed by atoms with E-state index in [4.69, 9.17) is 11.6 Å². The van der Waals surface area contributed by atoms with Gasteiger partial charge in [0.05, 0.1) is 6.04 Å². The first-order valence-corrected chi connectivity index (χ1v) is 7.79. The maximum atomic E-state index is 12.0. The van der Waals surface area contributed by atoms with E-state index in [1.807, 2.05) is 19.1 Å². The highest BCUT2D eigenvalue weighted by Crippen LogP contribution is 2.14. The van der Waals surface area contributed by atoms with E-state index in [1.54, 1.807) is 24.3 Å². The van der Waals surface area contributed by atoms with Crippen LogP contribution in [0.3, 0.4) is 0 Å². The third-order valence-electron chi connectivity index (χ3n) is 3.54. The number of halogens is 1. The topological polar surface area (TPSA) is 29.1 Å². The van der Waals surface area contributed by atoms with Gasteiger partial charge in [-0.3, -0.25) is 4.79 Å². The van der Waals surface area contributed by atoms with Crippen LogP contribution < -0.4 is 5.32 Å². The quantitative estimate of drug-likeness (QED) is 0.790. The van der Waals surface area contributed by atoms with Gasteiger partial charge < -0.3 is 5.32 Å². The number of nitrogens with one attached hydrogen (secondary N) is 1. The van der Waals surface area contributed by atoms with Gasteiger partial charge in [-0.15, -0.1) is 0 Å². The van der Waals surface area contributed by atoms with Crippen LogP contribution in [0.2, 0.25) is 5.02 Å². The Morgan fingerprint density at radius 1 is 1.14 bits per heavy atom. The van der Waals surface area contributed by atoms with Crippen molar-refractivity contribution in [3.05, 3.63) is 76.3 Å². The van der Waals surface area contributed by atoms with E-state index >= 15 is 0 Å². The minimum Gasteiger partial charge on any atom is -0.346 e. The lowest BCUT2D eigenvalue weighted by Gasteiger charge is -2.13. The molecule has 1 atom stereocenters. The zero-order chi connectivity index (χ0) is 15.9. The molecule has 0 fully saturated rings. The summed E-state index contributed by atoms with van der Waals surface area (Å²) >= 11 is 5.83. The number of carbonyl (C=O) groups excluding carboxylic acids is 1. The van der Waals surface area contributed by atoms with Gasteiger partial charge in [-0.25, -0.2) is 0 Å². The molecule has 0 saturated carbocycles. The second-order valence-corrected chi connectivity index (χ2v) is 5.65. The molecule has 0 aromatic heterocycles. The van der Waals surface area contributed by atoms with Gasteiger partial charge in [0.25, 0.3) is 0 Å². The third-order valence-corrected chi connectivity index (χ3v) is 3.80. The number of amides is 1. The molecule has 2 aromatic carbocycles. The van der Waals surface area contributed by atoms with Gasteiger partial charge in [0, 0.05) is 11.1 Å². The molecule has 0 aliphatic heterocycles. The van der Waals surface area contributed by atoms with Gasteiger partial charge in [0.2, 0.25) is 5.91 Å². The minimum absolute atomic E-state index is 0.0201. The van der Waals surface area contributed by atoms with Crippen LogP contribution in [0.4, 0.5) is 0 Å². The molecule has 1 amide bonds. The Kier molecular flexibility index (Phi) is 5.79. The van der Waals surface area contributed by atoms with Crippen LogP contribution in [0.5, 0.6) is 0 Å². The van der Waals surface area contributed by atoms with Crippen molar-refractivity contribution < 1.29 is 4.79 Å². The first-order chi connectivity index (χ1) is 10.6. The van der Waals surface area contributed by atoms with Gasteiger partial charge in [-0.1, -0.05) is 54.9 Å². The van der Waals surface area contributed by atoms with Gasteiger partial charge >= 0.3 is 0 Å². The van der Waals surface area contributed by atoms with Crippen molar-refractivity contribution in [2.45, 2.75) is 26.3 Å². The lowest BCUT2D eigenvalue weighted by Crippen LogP contribution is -2.24. The van der Waals surface area contributed by atoms with E-state index in [-0.39, 0.29) is 11.9 Å². The Morgan fingerprint density at radius 3 is 2.36 bits per heavy atom. The van der Waals surface area contributed by atoms with Gasteiger partial charge in [0.1, 0.15) is 0 Å². The summed E-state index contributed by atoms with van der Waals surface area (Å²) in [6, 6.07) is 15.7. The third kappa shape index (κ3) is 4.74. The molecule has 2 rings (SSSR count). The maximum absolute atomic E-state index is 12.0. The Morgan fingerprint density at radius 2 is 1.77 bits per heavy atom. The van der Waals surface area contributed by atoms with Crippen LogP contribution in [0, 0.1) is 0 Å². The van der Waals surface area contributed by atoms with Crippen molar-refractivity contribution in [3.63, 3.8) is 0 Å². The summed E-state index contributed by atoms with van der Waals surface area (Å²) in [5.74, 6) is -0.109. The molecular weight excluding hydrogens is 294 g/mol. The normalized spacial score (nSPS) is 12.3. The van der Waals surface area contributed by atoms with Crippen LogP contribution in [-0.2, 0) is 11.2 Å². The van der Waals surface area contributed by atoms with Crippen LogP contribution in [0.25, 0.3) is 6.08 Å². The van der Waals surface area contributed by atoms with E-state index in [9.17, 15) is 4.79 Å². The van der Waals surface area contributed by atoms with Crippen molar-refractivity contribution in [2.75, 3.05) is 0 Å². The predicted molar refractivity (Wildman–Crippen MR) is 92.9 cm³/mol. The number of hydrogen-bond donors (Lipinski definition) is 1. The van der Waals surface area contributed by atoms with E-state index in [2.05, 4.69) is 36.5 Å². The molecule has 0 bridgehead atoms. The summed E-state index contributed by atoms with van der Waals surface area (Å²) in [6.07, 6.45) is 4.34. The van der Waals surface area contributed by atoms with Crippen molar-refractivity contribution >= 4 is 23.6 Å². The highest BCUT2D eigenvalue weighted by Gasteiger charge is 2.07. The Hall–Kier alpha value is -2.06. The highest BCUT2D eigenvalue weighted by atomic mass is 35.5. The smallest absolute Gasteiger partial charge is 0.244 e. The van der Waals surface area contributed by atoms with E-state index in [0.717, 1.165) is 17.5 Å². The molecule has 0 heterocycles. The predicted octanol–water partition coefficient (Wildman–Crippen LogP) is 4.79. The molecule has 1 N–H and O–H groups in total. The fraction of sp³-hybridized carbons (Fsp3) is 0.211. The highest BCUT2D eigenvalue weighted by molar-refractivity contribution is 6.30. The molecule has 3 heteroatoms. The lowest BCUT2D eigenvalue weighted by atomic mass is 10.0. The summed E-state index contributed by atoms with van der Waals surface area (Å²) in [6.45, 7) is 4.11. The number of hydrogen-bond acceptors (Lipinski definition) is 1. The molecular formula is C19H20ClNO. The number of rotatable bonds is 5. The molecule has 0 spiro atoms. The summed E-state index contributed by atoms with van der Waals surface area (Å²) in [4.78, 5) is 12.0. The molecule has 22 heavy (non-hydrogen) atoms. The number of benzene rings is 2. The summed E-state index contributed by atoms with van der Waals surface area (Å²) in [5.41, 5.74) is 3.34. The average Bonchev–Trinajstić information content (AvgIpc) is 2.54. The zero-order valence-corrected chi connectivity index (χ0v) is 13.6. The zero-order valence-electron chi connectivity index (χ0n) is 12.8. The number of carbonyl (C=O) groups is 1. The molecule has 114 valence electrons. The maximum Gasteiger partial charge on any atom is 0.244 e. The number of aryl methyl sites for hydroxylation is 1. The Bertz CT molecular complexity index is 644. The SMILES string of the molecule is CCc1ccc([C@@H](C)NC(=O)/C=C/c2ccc(Cl)cc2)cc1. The molecule has 0 saturated heterocycles. The van der Waals surface area contributed by atoms with Gasteiger partial charge in [-0.05, 0) is 48.2 Å². The van der Waals surface area contributed by atoms with Gasteiger partial charge in [-0.2, -0.15) is 0 Å². The Labute approximate surface area is 136 Å². The fourth-order valence-corrected chi connectivity index (χ4v) is 2.26. The van der Waals surface area contributed by atoms with Gasteiger partial charge in [0.15, 0.2) is 0 Å². The molecule has 0 unspecified atom stereocenters. The van der Waals surface area contributed by atoms with Crippen LogP contribution in [-0.4, -0.2) is 5.91 Å². The van der Waals surface area contributed by atoms with E-state index in [0.29, 0.717) is 5.02 Å². The first kappa shape index (κ1) is 16.3. The molecule has 0 radical (unpaired) electrons. The monoisotopic (exact) mass is 313 g/mol. The fourth-order valence-electron chi connectivity index (χ4n) is 2.13. The second kappa shape index (κ2) is 7.81. The first-order valence-electron chi connectivity index (χ1n) is 7.41. The average molecular weight is 314 g/mol. The minimum atomic E-state index is -0.109. The largest absolute Gasteiger partial charge is 0.346 e. The standard InChI is InChI=1S/C19H20ClNO/c1-3-15-4-9-17(10-5-15)14(2)21-19(22)13-8-16-6-11-18(20)12-7-16/h4-14H,3H2,1-2H3,(H,21,22)/b13-8+/t14-/m1/s1.